The van der Waals surface area contributed by atoms with E-state index in [2.05, 4.69) is 26.1 Å². The molecule has 0 bridgehead atoms. The molecule has 0 aliphatic rings. The molecule has 134 valence electrons. The topological polar surface area (TPSA) is 83.7 Å². The SMILES string of the molecule is COc1ccc(-c2nc(COC(=O)COc3ccc(Br)cc3)no2)cc1. The van der Waals surface area contributed by atoms with Crippen molar-refractivity contribution < 1.29 is 23.5 Å². The van der Waals surface area contributed by atoms with Gasteiger partial charge in [0.15, 0.2) is 13.2 Å². The summed E-state index contributed by atoms with van der Waals surface area (Å²) in [6.07, 6.45) is 0. The van der Waals surface area contributed by atoms with Gasteiger partial charge in [0, 0.05) is 10.0 Å². The molecule has 0 N–H and O–H groups in total. The third kappa shape index (κ3) is 4.82. The minimum Gasteiger partial charge on any atom is -0.497 e. The zero-order chi connectivity index (χ0) is 18.4. The number of halogens is 1. The summed E-state index contributed by atoms with van der Waals surface area (Å²) < 4.78 is 21.6. The molecule has 0 radical (unpaired) electrons. The molecule has 0 atom stereocenters. The van der Waals surface area contributed by atoms with Gasteiger partial charge >= 0.3 is 5.97 Å². The Hall–Kier alpha value is -2.87. The molecule has 0 fully saturated rings. The van der Waals surface area contributed by atoms with E-state index < -0.39 is 5.97 Å². The fourth-order valence-corrected chi connectivity index (χ4v) is 2.29. The minimum atomic E-state index is -0.524. The largest absolute Gasteiger partial charge is 0.497 e. The third-order valence-electron chi connectivity index (χ3n) is 3.34. The molecule has 26 heavy (non-hydrogen) atoms. The van der Waals surface area contributed by atoms with Crippen molar-refractivity contribution in [2.45, 2.75) is 6.61 Å². The first-order chi connectivity index (χ1) is 12.6. The Bertz CT molecular complexity index is 862. The smallest absolute Gasteiger partial charge is 0.344 e. The lowest BCUT2D eigenvalue weighted by molar-refractivity contribution is -0.147. The van der Waals surface area contributed by atoms with E-state index in [-0.39, 0.29) is 19.0 Å². The summed E-state index contributed by atoms with van der Waals surface area (Å²) in [6.45, 7) is -0.299. The Labute approximate surface area is 158 Å². The fourth-order valence-electron chi connectivity index (χ4n) is 2.02. The van der Waals surface area contributed by atoms with Gasteiger partial charge in [0.25, 0.3) is 5.89 Å². The number of hydrogen-bond donors (Lipinski definition) is 0. The molecule has 1 aromatic heterocycles. The van der Waals surface area contributed by atoms with E-state index in [1.807, 2.05) is 12.1 Å². The normalized spacial score (nSPS) is 10.4. The van der Waals surface area contributed by atoms with Crippen molar-refractivity contribution in [2.24, 2.45) is 0 Å². The molecule has 0 saturated carbocycles. The summed E-state index contributed by atoms with van der Waals surface area (Å²) in [4.78, 5) is 15.9. The highest BCUT2D eigenvalue weighted by Gasteiger charge is 2.12. The van der Waals surface area contributed by atoms with E-state index in [9.17, 15) is 4.79 Å². The van der Waals surface area contributed by atoms with Crippen LogP contribution in [0.25, 0.3) is 11.5 Å². The van der Waals surface area contributed by atoms with Crippen LogP contribution in [0.15, 0.2) is 57.5 Å². The van der Waals surface area contributed by atoms with Gasteiger partial charge in [-0.05, 0) is 48.5 Å². The molecule has 8 heteroatoms. The summed E-state index contributed by atoms with van der Waals surface area (Å²) >= 11 is 3.33. The first-order valence-corrected chi connectivity index (χ1v) is 8.44. The van der Waals surface area contributed by atoms with E-state index >= 15 is 0 Å². The number of hydrogen-bond acceptors (Lipinski definition) is 7. The molecule has 0 saturated heterocycles. The Balaban J connectivity index is 1.49. The second-order valence-electron chi connectivity index (χ2n) is 5.15. The Morgan fingerprint density at radius 1 is 1.08 bits per heavy atom. The molecule has 1 heterocycles. The van der Waals surface area contributed by atoms with Gasteiger partial charge in [-0.15, -0.1) is 0 Å². The van der Waals surface area contributed by atoms with Crippen LogP contribution in [0.2, 0.25) is 0 Å². The van der Waals surface area contributed by atoms with Crippen LogP contribution in [-0.2, 0) is 16.1 Å². The van der Waals surface area contributed by atoms with Crippen LogP contribution < -0.4 is 9.47 Å². The van der Waals surface area contributed by atoms with Crippen molar-refractivity contribution in [1.82, 2.24) is 10.1 Å². The fraction of sp³-hybridized carbons (Fsp3) is 0.167. The summed E-state index contributed by atoms with van der Waals surface area (Å²) in [6, 6.07) is 14.3. The standard InChI is InChI=1S/C18H15BrN2O5/c1-23-14-6-2-12(3-7-14)18-20-16(21-26-18)10-25-17(22)11-24-15-8-4-13(19)5-9-15/h2-9H,10-11H2,1H3. The number of rotatable bonds is 7. The van der Waals surface area contributed by atoms with E-state index in [4.69, 9.17) is 18.7 Å². The van der Waals surface area contributed by atoms with E-state index in [0.717, 1.165) is 15.8 Å². The zero-order valence-electron chi connectivity index (χ0n) is 13.8. The summed E-state index contributed by atoms with van der Waals surface area (Å²) in [7, 11) is 1.59. The highest BCUT2D eigenvalue weighted by molar-refractivity contribution is 9.10. The first-order valence-electron chi connectivity index (χ1n) is 7.65. The van der Waals surface area contributed by atoms with E-state index in [1.165, 1.54) is 0 Å². The van der Waals surface area contributed by atoms with Crippen LogP contribution in [0.4, 0.5) is 0 Å². The van der Waals surface area contributed by atoms with Crippen molar-refractivity contribution in [1.29, 1.82) is 0 Å². The van der Waals surface area contributed by atoms with Gasteiger partial charge in [0.05, 0.1) is 7.11 Å². The van der Waals surface area contributed by atoms with Crippen molar-refractivity contribution in [3.63, 3.8) is 0 Å². The van der Waals surface area contributed by atoms with Crippen LogP contribution in [0.1, 0.15) is 5.82 Å². The first kappa shape index (κ1) is 17.9. The van der Waals surface area contributed by atoms with E-state index in [1.54, 1.807) is 43.5 Å². The van der Waals surface area contributed by atoms with Gasteiger partial charge in [0.2, 0.25) is 5.82 Å². The molecule has 0 aliphatic carbocycles. The van der Waals surface area contributed by atoms with Crippen LogP contribution in [-0.4, -0.2) is 29.8 Å². The Kier molecular flexibility index (Phi) is 5.85. The molecule has 2 aromatic carbocycles. The van der Waals surface area contributed by atoms with E-state index in [0.29, 0.717) is 11.6 Å². The third-order valence-corrected chi connectivity index (χ3v) is 3.87. The van der Waals surface area contributed by atoms with Crippen LogP contribution in [0, 0.1) is 0 Å². The quantitative estimate of drug-likeness (QED) is 0.541. The number of aromatic nitrogens is 2. The molecular formula is C18H15BrN2O5. The monoisotopic (exact) mass is 418 g/mol. The highest BCUT2D eigenvalue weighted by Crippen LogP contribution is 2.21. The lowest BCUT2D eigenvalue weighted by Crippen LogP contribution is -2.15. The summed E-state index contributed by atoms with van der Waals surface area (Å²) in [5.41, 5.74) is 0.745. The number of carbonyl (C=O) groups is 1. The maximum atomic E-state index is 11.7. The molecule has 0 unspecified atom stereocenters. The van der Waals surface area contributed by atoms with Gasteiger partial charge in [0.1, 0.15) is 11.5 Å². The lowest BCUT2D eigenvalue weighted by atomic mass is 10.2. The van der Waals surface area contributed by atoms with Gasteiger partial charge < -0.3 is 18.7 Å². The maximum Gasteiger partial charge on any atom is 0.344 e. The molecule has 0 amide bonds. The number of ether oxygens (including phenoxy) is 3. The Morgan fingerprint density at radius 2 is 1.77 bits per heavy atom. The Morgan fingerprint density at radius 3 is 2.46 bits per heavy atom. The molecular weight excluding hydrogens is 404 g/mol. The van der Waals surface area contributed by atoms with Crippen molar-refractivity contribution in [3.8, 4) is 23.0 Å². The minimum absolute atomic E-state index is 0.0951. The van der Waals surface area contributed by atoms with Crippen molar-refractivity contribution in [2.75, 3.05) is 13.7 Å². The number of nitrogens with zero attached hydrogens (tertiary/aromatic N) is 2. The number of methoxy groups -OCH3 is 1. The van der Waals surface area contributed by atoms with Gasteiger partial charge in [-0.3, -0.25) is 0 Å². The molecule has 0 spiro atoms. The number of benzene rings is 2. The summed E-state index contributed by atoms with van der Waals surface area (Å²) in [5.74, 6) is 1.39. The van der Waals surface area contributed by atoms with Gasteiger partial charge in [-0.2, -0.15) is 4.98 Å². The molecule has 3 rings (SSSR count). The van der Waals surface area contributed by atoms with Crippen LogP contribution in [0.3, 0.4) is 0 Å². The molecule has 3 aromatic rings. The van der Waals surface area contributed by atoms with Gasteiger partial charge in [-0.1, -0.05) is 21.1 Å². The van der Waals surface area contributed by atoms with Gasteiger partial charge in [-0.25, -0.2) is 4.79 Å². The second-order valence-corrected chi connectivity index (χ2v) is 6.06. The average Bonchev–Trinajstić information content (AvgIpc) is 3.15. The van der Waals surface area contributed by atoms with Crippen LogP contribution >= 0.6 is 15.9 Å². The second kappa shape index (κ2) is 8.48. The maximum absolute atomic E-state index is 11.7. The summed E-state index contributed by atoms with van der Waals surface area (Å²) in [5, 5.41) is 3.79. The number of carbonyl (C=O) groups excluding carboxylic acids is 1. The average molecular weight is 419 g/mol. The predicted octanol–water partition coefficient (Wildman–Crippen LogP) is 3.63. The zero-order valence-corrected chi connectivity index (χ0v) is 15.4. The molecule has 7 nitrogen and oxygen atoms in total. The van der Waals surface area contributed by atoms with Crippen molar-refractivity contribution >= 4 is 21.9 Å². The van der Waals surface area contributed by atoms with Crippen molar-refractivity contribution in [3.05, 3.63) is 58.8 Å². The lowest BCUT2D eigenvalue weighted by Gasteiger charge is -2.05. The van der Waals surface area contributed by atoms with Crippen LogP contribution in [0.5, 0.6) is 11.5 Å². The molecule has 0 aliphatic heterocycles. The highest BCUT2D eigenvalue weighted by atomic mass is 79.9. The predicted molar refractivity (Wildman–Crippen MR) is 95.7 cm³/mol. The number of esters is 1.